The van der Waals surface area contributed by atoms with Crippen molar-refractivity contribution < 1.29 is 32.2 Å². The van der Waals surface area contributed by atoms with Gasteiger partial charge in [0.25, 0.3) is 0 Å². The van der Waals surface area contributed by atoms with Crippen LogP contribution in [-0.4, -0.2) is 54.9 Å². The topological polar surface area (TPSA) is 80.2 Å². The molecule has 0 aromatic heterocycles. The van der Waals surface area contributed by atoms with E-state index in [1.807, 2.05) is 6.07 Å². The Bertz CT molecular complexity index is 1090. The fourth-order valence-electron chi connectivity index (χ4n) is 3.36. The summed E-state index contributed by atoms with van der Waals surface area (Å²) in [5, 5.41) is 1.95. The maximum atomic E-state index is 13.1. The number of carbonyl (C=O) groups excluding carboxylic acids is 2. The molecule has 34 heavy (non-hydrogen) atoms. The quantitative estimate of drug-likeness (QED) is 0.628. The van der Waals surface area contributed by atoms with E-state index in [0.29, 0.717) is 17.9 Å². The fourth-order valence-corrected chi connectivity index (χ4v) is 4.55. The van der Waals surface area contributed by atoms with Crippen LogP contribution in [0.25, 0.3) is 0 Å². The van der Waals surface area contributed by atoms with Gasteiger partial charge in [-0.15, -0.1) is 0 Å². The molecule has 1 N–H and O–H groups in total. The molecular weight excluding hydrogens is 471 g/mol. The van der Waals surface area contributed by atoms with Crippen LogP contribution in [0, 0.1) is 0 Å². The Balaban J connectivity index is 1.90. The van der Waals surface area contributed by atoms with E-state index in [2.05, 4.69) is 10.3 Å². The number of rotatable bonds is 7. The normalized spacial score (nSPS) is 17.6. The molecule has 1 aliphatic rings. The first-order chi connectivity index (χ1) is 16.2. The minimum absolute atomic E-state index is 0.0406. The standard InChI is InChI=1S/C23H24F3N3O4S/c1-27-21(31)19-13-20(30)29(10-9-14-7-8-17(32-2)18(11-14)33-3)22(34-19)28-16-6-4-5-15(12-16)23(24,25)26/h4-8,11-12,19H,9-10,13H2,1-3H3,(H,27,31)/t19-/m0/s1. The number of halogens is 3. The van der Waals surface area contributed by atoms with Gasteiger partial charge in [0, 0.05) is 20.0 Å². The third kappa shape index (κ3) is 6.02. The highest BCUT2D eigenvalue weighted by molar-refractivity contribution is 8.15. The van der Waals surface area contributed by atoms with Crippen LogP contribution in [0.15, 0.2) is 47.5 Å². The minimum atomic E-state index is -4.52. The van der Waals surface area contributed by atoms with Crippen molar-refractivity contribution in [1.82, 2.24) is 10.2 Å². The van der Waals surface area contributed by atoms with Gasteiger partial charge >= 0.3 is 6.18 Å². The van der Waals surface area contributed by atoms with Crippen molar-refractivity contribution in [3.8, 4) is 11.5 Å². The van der Waals surface area contributed by atoms with Crippen LogP contribution in [0.4, 0.5) is 18.9 Å². The monoisotopic (exact) mass is 495 g/mol. The highest BCUT2D eigenvalue weighted by Crippen LogP contribution is 2.34. The predicted octanol–water partition coefficient (Wildman–Crippen LogP) is 4.03. The molecule has 2 aromatic carbocycles. The zero-order valence-electron chi connectivity index (χ0n) is 18.8. The maximum absolute atomic E-state index is 13.1. The first kappa shape index (κ1) is 25.4. The van der Waals surface area contributed by atoms with Crippen LogP contribution in [0.3, 0.4) is 0 Å². The molecule has 182 valence electrons. The summed E-state index contributed by atoms with van der Waals surface area (Å²) in [4.78, 5) is 30.8. The molecule has 0 radical (unpaired) electrons. The molecular formula is C23H24F3N3O4S. The number of thioether (sulfide) groups is 1. The molecule has 1 atom stereocenters. The van der Waals surface area contributed by atoms with Crippen molar-refractivity contribution in [2.24, 2.45) is 4.99 Å². The van der Waals surface area contributed by atoms with Crippen molar-refractivity contribution in [3.63, 3.8) is 0 Å². The summed E-state index contributed by atoms with van der Waals surface area (Å²) < 4.78 is 49.9. The average Bonchev–Trinajstić information content (AvgIpc) is 2.82. The Morgan fingerprint density at radius 2 is 1.91 bits per heavy atom. The van der Waals surface area contributed by atoms with Crippen molar-refractivity contribution in [1.29, 1.82) is 0 Å². The molecule has 2 aromatic rings. The summed E-state index contributed by atoms with van der Waals surface area (Å²) in [5.74, 6) is 0.418. The number of ether oxygens (including phenoxy) is 2. The highest BCUT2D eigenvalue weighted by Gasteiger charge is 2.36. The molecule has 1 saturated heterocycles. The van der Waals surface area contributed by atoms with E-state index in [1.54, 1.807) is 12.1 Å². The SMILES string of the molecule is CNC(=O)[C@@H]1CC(=O)N(CCc2ccc(OC)c(OC)c2)C(=Nc2cccc(C(F)(F)F)c2)S1. The number of aliphatic imine (C=N–C) groups is 1. The van der Waals surface area contributed by atoms with E-state index >= 15 is 0 Å². The van der Waals surface area contributed by atoms with Gasteiger partial charge in [0.15, 0.2) is 16.7 Å². The Kier molecular flexibility index (Phi) is 8.08. The summed E-state index contributed by atoms with van der Waals surface area (Å²) in [6.45, 7) is 0.222. The van der Waals surface area contributed by atoms with Gasteiger partial charge in [-0.05, 0) is 42.3 Å². The second kappa shape index (κ2) is 10.8. The van der Waals surface area contributed by atoms with E-state index in [1.165, 1.54) is 38.3 Å². The van der Waals surface area contributed by atoms with Gasteiger partial charge in [-0.25, -0.2) is 4.99 Å². The lowest BCUT2D eigenvalue weighted by Gasteiger charge is -2.31. The van der Waals surface area contributed by atoms with Crippen molar-refractivity contribution in [2.45, 2.75) is 24.3 Å². The van der Waals surface area contributed by atoms with Gasteiger partial charge < -0.3 is 14.8 Å². The molecule has 11 heteroatoms. The number of methoxy groups -OCH3 is 2. The van der Waals surface area contributed by atoms with Crippen LogP contribution in [0.5, 0.6) is 11.5 Å². The molecule has 7 nitrogen and oxygen atoms in total. The Labute approximate surface area is 199 Å². The van der Waals surface area contributed by atoms with Crippen molar-refractivity contribution >= 4 is 34.4 Å². The van der Waals surface area contributed by atoms with Crippen LogP contribution in [0.1, 0.15) is 17.5 Å². The first-order valence-electron chi connectivity index (χ1n) is 10.3. The van der Waals surface area contributed by atoms with Gasteiger partial charge in [-0.3, -0.25) is 14.5 Å². The Hall–Kier alpha value is -3.21. The molecule has 0 bridgehead atoms. The number of nitrogens with one attached hydrogen (secondary N) is 1. The summed E-state index contributed by atoms with van der Waals surface area (Å²) >= 11 is 1.05. The van der Waals surface area contributed by atoms with Crippen LogP contribution < -0.4 is 14.8 Å². The summed E-state index contributed by atoms with van der Waals surface area (Å²) in [7, 11) is 4.51. The summed E-state index contributed by atoms with van der Waals surface area (Å²) in [5.41, 5.74) is 0.0577. The van der Waals surface area contributed by atoms with Gasteiger partial charge in [-0.2, -0.15) is 13.2 Å². The molecule has 1 aliphatic heterocycles. The van der Waals surface area contributed by atoms with Crippen molar-refractivity contribution in [2.75, 3.05) is 27.8 Å². The fraction of sp³-hybridized carbons (Fsp3) is 0.348. The summed E-state index contributed by atoms with van der Waals surface area (Å²) in [6.07, 6.45) is -4.14. The number of amides is 2. The third-order valence-electron chi connectivity index (χ3n) is 5.15. The molecule has 0 aliphatic carbocycles. The number of hydrogen-bond acceptors (Lipinski definition) is 6. The Morgan fingerprint density at radius 3 is 2.56 bits per heavy atom. The van der Waals surface area contributed by atoms with E-state index in [-0.39, 0.29) is 35.6 Å². The van der Waals surface area contributed by atoms with Crippen molar-refractivity contribution in [3.05, 3.63) is 53.6 Å². The predicted molar refractivity (Wildman–Crippen MR) is 124 cm³/mol. The van der Waals surface area contributed by atoms with Crippen LogP contribution in [-0.2, 0) is 22.2 Å². The molecule has 0 saturated carbocycles. The van der Waals surface area contributed by atoms with E-state index < -0.39 is 17.0 Å². The summed E-state index contributed by atoms with van der Waals surface area (Å²) in [6, 6.07) is 9.90. The van der Waals surface area contributed by atoms with Gasteiger partial charge in [0.1, 0.15) is 0 Å². The number of hydrogen-bond donors (Lipinski definition) is 1. The van der Waals surface area contributed by atoms with E-state index in [0.717, 1.165) is 29.5 Å². The third-order valence-corrected chi connectivity index (χ3v) is 6.34. The maximum Gasteiger partial charge on any atom is 0.416 e. The molecule has 0 unspecified atom stereocenters. The molecule has 0 spiro atoms. The van der Waals surface area contributed by atoms with E-state index in [4.69, 9.17) is 9.47 Å². The van der Waals surface area contributed by atoms with Crippen LogP contribution >= 0.6 is 11.8 Å². The second-order valence-electron chi connectivity index (χ2n) is 7.35. The lowest BCUT2D eigenvalue weighted by Crippen LogP contribution is -2.46. The van der Waals surface area contributed by atoms with Gasteiger partial charge in [0.05, 0.1) is 30.7 Å². The molecule has 1 fully saturated rings. The van der Waals surface area contributed by atoms with Crippen LogP contribution in [0.2, 0.25) is 0 Å². The second-order valence-corrected chi connectivity index (χ2v) is 8.52. The zero-order valence-corrected chi connectivity index (χ0v) is 19.6. The van der Waals surface area contributed by atoms with Gasteiger partial charge in [0.2, 0.25) is 11.8 Å². The number of benzene rings is 2. The zero-order chi connectivity index (χ0) is 24.9. The molecule has 3 rings (SSSR count). The van der Waals surface area contributed by atoms with E-state index in [9.17, 15) is 22.8 Å². The lowest BCUT2D eigenvalue weighted by atomic mass is 10.1. The Morgan fingerprint density at radius 1 is 1.18 bits per heavy atom. The van der Waals surface area contributed by atoms with Gasteiger partial charge in [-0.1, -0.05) is 23.9 Å². The number of nitrogens with zero attached hydrogens (tertiary/aromatic N) is 2. The first-order valence-corrected chi connectivity index (χ1v) is 11.2. The highest BCUT2D eigenvalue weighted by atomic mass is 32.2. The molecule has 2 amide bonds. The number of alkyl halides is 3. The lowest BCUT2D eigenvalue weighted by molar-refractivity contribution is -0.137. The number of carbonyl (C=O) groups is 2. The largest absolute Gasteiger partial charge is 0.493 e. The number of amidine groups is 1. The average molecular weight is 496 g/mol. The minimum Gasteiger partial charge on any atom is -0.493 e. The molecule has 1 heterocycles. The smallest absolute Gasteiger partial charge is 0.416 e.